The Bertz CT molecular complexity index is 554. The second-order valence-electron chi connectivity index (χ2n) is 4.99. The van der Waals surface area contributed by atoms with Gasteiger partial charge in [-0.15, -0.1) is 11.3 Å². The summed E-state index contributed by atoms with van der Waals surface area (Å²) in [6.45, 7) is 0. The zero-order chi connectivity index (χ0) is 13.2. The van der Waals surface area contributed by atoms with E-state index in [1.54, 1.807) is 11.3 Å². The van der Waals surface area contributed by atoms with Crippen LogP contribution in [0, 0.1) is 0 Å². The molecule has 1 fully saturated rings. The topological polar surface area (TPSA) is 64.9 Å². The van der Waals surface area contributed by atoms with Gasteiger partial charge in [0, 0.05) is 17.3 Å². The molecule has 0 radical (unpaired) electrons. The first-order valence-corrected chi connectivity index (χ1v) is 8.15. The zero-order valence-corrected chi connectivity index (χ0v) is 12.9. The summed E-state index contributed by atoms with van der Waals surface area (Å²) in [5.41, 5.74) is 6.14. The number of hydrogen-bond acceptors (Lipinski definition) is 5. The Morgan fingerprint density at radius 1 is 1.37 bits per heavy atom. The highest BCUT2D eigenvalue weighted by Gasteiger charge is 2.28. The fourth-order valence-corrected chi connectivity index (χ4v) is 4.04. The van der Waals surface area contributed by atoms with Crippen molar-refractivity contribution in [3.63, 3.8) is 0 Å². The highest BCUT2D eigenvalue weighted by molar-refractivity contribution is 9.11. The molecule has 0 saturated heterocycles. The number of nitrogens with two attached hydrogens (primary N) is 1. The van der Waals surface area contributed by atoms with Crippen LogP contribution in [0.3, 0.4) is 0 Å². The number of hydrogen-bond donors (Lipinski definition) is 1. The first kappa shape index (κ1) is 13.3. The van der Waals surface area contributed by atoms with Gasteiger partial charge in [0.25, 0.3) is 0 Å². The Morgan fingerprint density at radius 3 is 2.95 bits per heavy atom. The molecule has 0 amide bonds. The van der Waals surface area contributed by atoms with Crippen LogP contribution in [0.5, 0.6) is 0 Å². The normalized spacial score (nSPS) is 23.7. The average molecular weight is 342 g/mol. The maximum absolute atomic E-state index is 6.14. The largest absolute Gasteiger partial charge is 0.339 e. The number of aromatic nitrogens is 2. The van der Waals surface area contributed by atoms with E-state index in [0.717, 1.165) is 34.8 Å². The van der Waals surface area contributed by atoms with Gasteiger partial charge in [-0.2, -0.15) is 4.98 Å². The van der Waals surface area contributed by atoms with Crippen LogP contribution < -0.4 is 5.73 Å². The summed E-state index contributed by atoms with van der Waals surface area (Å²) in [6.07, 6.45) is 5.26. The molecule has 1 saturated carbocycles. The minimum atomic E-state index is 0.165. The molecule has 1 aliphatic rings. The van der Waals surface area contributed by atoms with E-state index >= 15 is 0 Å². The van der Waals surface area contributed by atoms with Crippen molar-refractivity contribution in [1.29, 1.82) is 0 Å². The van der Waals surface area contributed by atoms with Crippen molar-refractivity contribution in [2.75, 3.05) is 0 Å². The van der Waals surface area contributed by atoms with Gasteiger partial charge >= 0.3 is 0 Å². The smallest absolute Gasteiger partial charge is 0.231 e. The van der Waals surface area contributed by atoms with Crippen LogP contribution in [0.1, 0.15) is 48.2 Å². The molecule has 2 aromatic heterocycles. The van der Waals surface area contributed by atoms with Gasteiger partial charge in [0.15, 0.2) is 5.82 Å². The van der Waals surface area contributed by atoms with E-state index in [-0.39, 0.29) is 12.0 Å². The molecule has 0 bridgehead atoms. The highest BCUT2D eigenvalue weighted by Crippen LogP contribution is 2.31. The molecule has 0 spiro atoms. The summed E-state index contributed by atoms with van der Waals surface area (Å²) in [5.74, 6) is 1.71. The molecule has 102 valence electrons. The molecule has 0 unspecified atom stereocenters. The molecule has 6 heteroatoms. The molecule has 2 N–H and O–H groups in total. The van der Waals surface area contributed by atoms with Gasteiger partial charge in [-0.1, -0.05) is 18.0 Å². The summed E-state index contributed by atoms with van der Waals surface area (Å²) in [5, 5.41) is 4.08. The predicted octanol–water partition coefficient (Wildman–Crippen LogP) is 3.47. The van der Waals surface area contributed by atoms with E-state index in [4.69, 9.17) is 10.3 Å². The van der Waals surface area contributed by atoms with E-state index in [9.17, 15) is 0 Å². The summed E-state index contributed by atoms with van der Waals surface area (Å²) < 4.78 is 6.53. The van der Waals surface area contributed by atoms with E-state index in [1.807, 2.05) is 6.07 Å². The maximum Gasteiger partial charge on any atom is 0.231 e. The Morgan fingerprint density at radius 2 is 2.21 bits per heavy atom. The van der Waals surface area contributed by atoms with Crippen LogP contribution in [-0.2, 0) is 6.42 Å². The molecule has 0 aromatic carbocycles. The van der Waals surface area contributed by atoms with E-state index < -0.39 is 0 Å². The van der Waals surface area contributed by atoms with Crippen LogP contribution in [0.2, 0.25) is 0 Å². The number of nitrogens with zero attached hydrogens (tertiary/aromatic N) is 2. The number of thiophene rings is 1. The van der Waals surface area contributed by atoms with Gasteiger partial charge < -0.3 is 10.3 Å². The summed E-state index contributed by atoms with van der Waals surface area (Å²) in [7, 11) is 0. The van der Waals surface area contributed by atoms with Crippen molar-refractivity contribution in [1.82, 2.24) is 10.1 Å². The predicted molar refractivity (Wildman–Crippen MR) is 78.3 cm³/mol. The lowest BCUT2D eigenvalue weighted by Crippen LogP contribution is -2.31. The van der Waals surface area contributed by atoms with Crippen LogP contribution in [0.4, 0.5) is 0 Å². The Hall–Kier alpha value is -0.720. The molecule has 2 aromatic rings. The van der Waals surface area contributed by atoms with Crippen molar-refractivity contribution in [2.24, 2.45) is 5.73 Å². The van der Waals surface area contributed by atoms with Crippen LogP contribution in [0.15, 0.2) is 20.4 Å². The third kappa shape index (κ3) is 3.07. The maximum atomic E-state index is 6.14. The molecule has 0 aliphatic heterocycles. The van der Waals surface area contributed by atoms with Gasteiger partial charge in [0.05, 0.1) is 9.70 Å². The quantitative estimate of drug-likeness (QED) is 0.928. The van der Waals surface area contributed by atoms with Crippen LogP contribution in [-0.4, -0.2) is 16.2 Å². The molecule has 3 rings (SSSR count). The van der Waals surface area contributed by atoms with E-state index in [0.29, 0.717) is 0 Å². The van der Waals surface area contributed by atoms with E-state index in [1.165, 1.54) is 17.7 Å². The van der Waals surface area contributed by atoms with Crippen molar-refractivity contribution < 1.29 is 4.52 Å². The Labute approximate surface area is 124 Å². The molecular weight excluding hydrogens is 326 g/mol. The van der Waals surface area contributed by atoms with E-state index in [2.05, 4.69) is 32.1 Å². The molecule has 19 heavy (non-hydrogen) atoms. The fourth-order valence-electron chi connectivity index (χ4n) is 2.56. The van der Waals surface area contributed by atoms with Crippen LogP contribution in [0.25, 0.3) is 0 Å². The lowest BCUT2D eigenvalue weighted by Gasteiger charge is -2.25. The molecule has 2 atom stereocenters. The first-order valence-electron chi connectivity index (χ1n) is 6.54. The minimum absolute atomic E-state index is 0.165. The SMILES string of the molecule is N[C@@H]1CCCC[C@@H]1c1nc(Cc2ccc(Br)s2)no1. The third-order valence-electron chi connectivity index (χ3n) is 3.58. The lowest BCUT2D eigenvalue weighted by molar-refractivity contribution is 0.289. The minimum Gasteiger partial charge on any atom is -0.339 e. The van der Waals surface area contributed by atoms with Crippen molar-refractivity contribution in [3.8, 4) is 0 Å². The molecule has 2 heterocycles. The standard InChI is InChI=1S/C13H16BrN3OS/c14-11-6-5-8(19-11)7-12-16-13(18-17-12)9-3-1-2-4-10(9)15/h5-6,9-10H,1-4,7,15H2/t9-,10+/m0/s1. The van der Waals surface area contributed by atoms with Gasteiger partial charge in [0.2, 0.25) is 5.89 Å². The Kier molecular flexibility index (Phi) is 4.00. The van der Waals surface area contributed by atoms with Crippen LogP contribution >= 0.6 is 27.3 Å². The van der Waals surface area contributed by atoms with Gasteiger partial charge in [-0.05, 0) is 40.9 Å². The summed E-state index contributed by atoms with van der Waals surface area (Å²) in [6, 6.07) is 4.28. The van der Waals surface area contributed by atoms with Gasteiger partial charge in [0.1, 0.15) is 0 Å². The van der Waals surface area contributed by atoms with Crippen molar-refractivity contribution in [3.05, 3.63) is 32.5 Å². The second-order valence-corrected chi connectivity index (χ2v) is 7.53. The highest BCUT2D eigenvalue weighted by atomic mass is 79.9. The Balaban J connectivity index is 1.72. The first-order chi connectivity index (χ1) is 9.22. The summed E-state index contributed by atoms with van der Waals surface area (Å²) in [4.78, 5) is 5.75. The van der Waals surface area contributed by atoms with Gasteiger partial charge in [-0.3, -0.25) is 0 Å². The molecule has 1 aliphatic carbocycles. The lowest BCUT2D eigenvalue weighted by atomic mass is 9.85. The van der Waals surface area contributed by atoms with Crippen molar-refractivity contribution >= 4 is 27.3 Å². The third-order valence-corrected chi connectivity index (χ3v) is 5.21. The monoisotopic (exact) mass is 341 g/mol. The average Bonchev–Trinajstić information content (AvgIpc) is 3.00. The summed E-state index contributed by atoms with van der Waals surface area (Å²) >= 11 is 5.16. The molecule has 4 nitrogen and oxygen atoms in total. The van der Waals surface area contributed by atoms with Crippen molar-refractivity contribution in [2.45, 2.75) is 44.1 Å². The fraction of sp³-hybridized carbons (Fsp3) is 0.538. The zero-order valence-electron chi connectivity index (χ0n) is 10.5. The number of rotatable bonds is 3. The number of halogens is 1. The molecular formula is C13H16BrN3OS. The van der Waals surface area contributed by atoms with Gasteiger partial charge in [-0.25, -0.2) is 0 Å². The second kappa shape index (κ2) is 5.73.